The fourth-order valence-electron chi connectivity index (χ4n) is 2.10. The highest BCUT2D eigenvalue weighted by Gasteiger charge is 2.09. The molecule has 0 aliphatic heterocycles. The van der Waals surface area contributed by atoms with E-state index in [9.17, 15) is 4.79 Å². The number of ether oxygens (including phenoxy) is 1. The second-order valence-corrected chi connectivity index (χ2v) is 6.37. The molecule has 2 heterocycles. The number of benzene rings is 1. The summed E-state index contributed by atoms with van der Waals surface area (Å²) in [7, 11) is 0. The van der Waals surface area contributed by atoms with Crippen LogP contribution in [0.5, 0.6) is 11.8 Å². The minimum absolute atomic E-state index is 0.0987. The summed E-state index contributed by atoms with van der Waals surface area (Å²) in [5.74, 6) is 2.42. The SMILES string of the molecule is Cc1nc(CSCC(=O)Nc2ccc(Oc3ncccn3)cc2C)no1. The first-order chi connectivity index (χ1) is 12.6. The Labute approximate surface area is 154 Å². The number of thioether (sulfide) groups is 1. The molecule has 3 rings (SSSR count). The number of aryl methyl sites for hydroxylation is 2. The molecule has 0 bridgehead atoms. The quantitative estimate of drug-likeness (QED) is 0.675. The maximum Gasteiger partial charge on any atom is 0.321 e. The Kier molecular flexibility index (Phi) is 5.80. The molecule has 2 aromatic heterocycles. The summed E-state index contributed by atoms with van der Waals surface area (Å²) in [6.07, 6.45) is 3.22. The van der Waals surface area contributed by atoms with Gasteiger partial charge in [-0.05, 0) is 36.8 Å². The lowest BCUT2D eigenvalue weighted by molar-refractivity contribution is -0.113. The van der Waals surface area contributed by atoms with E-state index >= 15 is 0 Å². The average molecular weight is 371 g/mol. The van der Waals surface area contributed by atoms with Gasteiger partial charge in [0.2, 0.25) is 11.8 Å². The van der Waals surface area contributed by atoms with Gasteiger partial charge in [0.05, 0.1) is 11.5 Å². The maximum atomic E-state index is 12.1. The van der Waals surface area contributed by atoms with Crippen molar-refractivity contribution >= 4 is 23.4 Å². The van der Waals surface area contributed by atoms with Crippen LogP contribution >= 0.6 is 11.8 Å². The fourth-order valence-corrected chi connectivity index (χ4v) is 2.76. The highest BCUT2D eigenvalue weighted by molar-refractivity contribution is 7.99. The van der Waals surface area contributed by atoms with Gasteiger partial charge in [-0.15, -0.1) is 11.8 Å². The highest BCUT2D eigenvalue weighted by atomic mass is 32.2. The Balaban J connectivity index is 1.51. The summed E-state index contributed by atoms with van der Waals surface area (Å²) in [6.45, 7) is 3.62. The lowest BCUT2D eigenvalue weighted by atomic mass is 10.2. The molecule has 1 amide bonds. The Morgan fingerprint density at radius 2 is 2.08 bits per heavy atom. The van der Waals surface area contributed by atoms with E-state index in [1.165, 1.54) is 11.8 Å². The number of carbonyl (C=O) groups is 1. The molecule has 0 saturated heterocycles. The molecule has 0 aliphatic carbocycles. The Morgan fingerprint density at radius 3 is 2.77 bits per heavy atom. The first-order valence-electron chi connectivity index (χ1n) is 7.82. The predicted octanol–water partition coefficient (Wildman–Crippen LogP) is 3.14. The van der Waals surface area contributed by atoms with Gasteiger partial charge in [-0.1, -0.05) is 5.16 Å². The van der Waals surface area contributed by atoms with Crippen LogP contribution < -0.4 is 10.1 Å². The molecule has 0 radical (unpaired) electrons. The second kappa shape index (κ2) is 8.43. The molecule has 0 unspecified atom stereocenters. The molecule has 8 nitrogen and oxygen atoms in total. The van der Waals surface area contributed by atoms with Crippen LogP contribution in [0.4, 0.5) is 5.69 Å². The van der Waals surface area contributed by atoms with Gasteiger partial charge in [-0.3, -0.25) is 4.79 Å². The van der Waals surface area contributed by atoms with Crippen molar-refractivity contribution < 1.29 is 14.1 Å². The molecule has 0 saturated carbocycles. The van der Waals surface area contributed by atoms with Crippen molar-refractivity contribution in [2.24, 2.45) is 0 Å². The Morgan fingerprint density at radius 1 is 1.27 bits per heavy atom. The number of hydrogen-bond acceptors (Lipinski definition) is 8. The molecule has 26 heavy (non-hydrogen) atoms. The van der Waals surface area contributed by atoms with Gasteiger partial charge in [0.1, 0.15) is 5.75 Å². The van der Waals surface area contributed by atoms with Crippen molar-refractivity contribution in [3.05, 3.63) is 53.9 Å². The number of nitrogens with zero attached hydrogens (tertiary/aromatic N) is 4. The number of rotatable bonds is 7. The molecule has 9 heteroatoms. The zero-order chi connectivity index (χ0) is 18.4. The fraction of sp³-hybridized carbons (Fsp3) is 0.235. The molecule has 3 aromatic rings. The van der Waals surface area contributed by atoms with E-state index in [2.05, 4.69) is 25.4 Å². The van der Waals surface area contributed by atoms with Crippen molar-refractivity contribution in [3.8, 4) is 11.8 Å². The third-order valence-corrected chi connectivity index (χ3v) is 4.19. The van der Waals surface area contributed by atoms with Crippen LogP contribution in [0.25, 0.3) is 0 Å². The number of nitrogens with one attached hydrogen (secondary N) is 1. The first-order valence-corrected chi connectivity index (χ1v) is 8.98. The average Bonchev–Trinajstić information content (AvgIpc) is 3.03. The van der Waals surface area contributed by atoms with Crippen LogP contribution in [0, 0.1) is 13.8 Å². The molecule has 0 atom stereocenters. The first kappa shape index (κ1) is 17.9. The Bertz CT molecular complexity index is 885. The van der Waals surface area contributed by atoms with Crippen molar-refractivity contribution in [2.75, 3.05) is 11.1 Å². The smallest absolute Gasteiger partial charge is 0.321 e. The van der Waals surface area contributed by atoms with Gasteiger partial charge in [-0.2, -0.15) is 4.98 Å². The number of hydrogen-bond donors (Lipinski definition) is 1. The van der Waals surface area contributed by atoms with Gasteiger partial charge in [-0.25, -0.2) is 9.97 Å². The van der Waals surface area contributed by atoms with Crippen LogP contribution in [-0.2, 0) is 10.5 Å². The predicted molar refractivity (Wildman–Crippen MR) is 97.1 cm³/mol. The van der Waals surface area contributed by atoms with Crippen molar-refractivity contribution in [1.29, 1.82) is 0 Å². The standard InChI is InChI=1S/C17H17N5O3S/c1-11-8-13(24-17-18-6-3-7-19-17)4-5-14(11)21-16(23)10-26-9-15-20-12(2)25-22-15/h3-8H,9-10H2,1-2H3,(H,21,23). The van der Waals surface area contributed by atoms with Crippen LogP contribution in [0.15, 0.2) is 41.2 Å². The van der Waals surface area contributed by atoms with Gasteiger partial charge >= 0.3 is 6.01 Å². The second-order valence-electron chi connectivity index (χ2n) is 5.38. The van der Waals surface area contributed by atoms with E-state index in [-0.39, 0.29) is 11.9 Å². The van der Waals surface area contributed by atoms with E-state index < -0.39 is 0 Å². The third-order valence-electron chi connectivity index (χ3n) is 3.26. The molecule has 0 aliphatic rings. The number of amides is 1. The summed E-state index contributed by atoms with van der Waals surface area (Å²) < 4.78 is 10.5. The molecule has 134 valence electrons. The third kappa shape index (κ3) is 5.03. The molecule has 1 N–H and O–H groups in total. The number of aromatic nitrogens is 4. The number of carbonyl (C=O) groups excluding carboxylic acids is 1. The lowest BCUT2D eigenvalue weighted by Gasteiger charge is -2.10. The van der Waals surface area contributed by atoms with Crippen molar-refractivity contribution in [2.45, 2.75) is 19.6 Å². The van der Waals surface area contributed by atoms with E-state index in [1.54, 1.807) is 37.5 Å². The largest absolute Gasteiger partial charge is 0.424 e. The van der Waals surface area contributed by atoms with Crippen molar-refractivity contribution in [1.82, 2.24) is 20.1 Å². The highest BCUT2D eigenvalue weighted by Crippen LogP contribution is 2.24. The summed E-state index contributed by atoms with van der Waals surface area (Å²) in [6, 6.07) is 7.36. The molecule has 0 spiro atoms. The Hall–Kier alpha value is -2.94. The van der Waals surface area contributed by atoms with Gasteiger partial charge in [0, 0.05) is 25.0 Å². The summed E-state index contributed by atoms with van der Waals surface area (Å²) in [5.41, 5.74) is 1.61. The van der Waals surface area contributed by atoms with Crippen LogP contribution in [-0.4, -0.2) is 31.8 Å². The zero-order valence-electron chi connectivity index (χ0n) is 14.3. The van der Waals surface area contributed by atoms with Crippen LogP contribution in [0.2, 0.25) is 0 Å². The molecule has 1 aromatic carbocycles. The van der Waals surface area contributed by atoms with Crippen molar-refractivity contribution in [3.63, 3.8) is 0 Å². The minimum atomic E-state index is -0.0987. The molecule has 0 fully saturated rings. The van der Waals surface area contributed by atoms with Crippen LogP contribution in [0.3, 0.4) is 0 Å². The van der Waals surface area contributed by atoms with Gasteiger partial charge in [0.15, 0.2) is 5.82 Å². The van der Waals surface area contributed by atoms with E-state index in [0.29, 0.717) is 29.0 Å². The maximum absolute atomic E-state index is 12.1. The minimum Gasteiger partial charge on any atom is -0.424 e. The van der Waals surface area contributed by atoms with E-state index in [4.69, 9.17) is 9.26 Å². The summed E-state index contributed by atoms with van der Waals surface area (Å²) in [4.78, 5) is 24.2. The topological polar surface area (TPSA) is 103 Å². The molecular formula is C17H17N5O3S. The monoisotopic (exact) mass is 371 g/mol. The lowest BCUT2D eigenvalue weighted by Crippen LogP contribution is -2.15. The summed E-state index contributed by atoms with van der Waals surface area (Å²) in [5, 5.41) is 6.67. The normalized spacial score (nSPS) is 10.5. The number of anilines is 1. The zero-order valence-corrected chi connectivity index (χ0v) is 15.1. The van der Waals surface area contributed by atoms with Gasteiger partial charge in [0.25, 0.3) is 0 Å². The van der Waals surface area contributed by atoms with Gasteiger partial charge < -0.3 is 14.6 Å². The van der Waals surface area contributed by atoms with E-state index in [1.807, 2.05) is 13.0 Å². The van der Waals surface area contributed by atoms with E-state index in [0.717, 1.165) is 11.3 Å². The van der Waals surface area contributed by atoms with Crippen LogP contribution in [0.1, 0.15) is 17.3 Å². The summed E-state index contributed by atoms with van der Waals surface area (Å²) >= 11 is 1.42. The molecular weight excluding hydrogens is 354 g/mol.